The SMILES string of the molecule is Cc1cccc([C@H]2C3=CC[C@@H]4C(=O)N(c5ccccc5)C(=O)[C@@H]4[C@@H]3C[C@H]3C(=O)N(c4cccc(Cl)c4)C(=O)[C@@]23c2ccccc2)c1O. The number of nitrogens with zero attached hydrogens (tertiary/aromatic N) is 2. The first-order valence-electron chi connectivity index (χ1n) is 15.9. The molecule has 4 aromatic rings. The summed E-state index contributed by atoms with van der Waals surface area (Å²) in [7, 11) is 0. The summed E-state index contributed by atoms with van der Waals surface area (Å²) in [4.78, 5) is 60.7. The van der Waals surface area contributed by atoms with Crippen LogP contribution in [0.1, 0.15) is 35.4 Å². The lowest BCUT2D eigenvalue weighted by molar-refractivity contribution is -0.127. The summed E-state index contributed by atoms with van der Waals surface area (Å²) in [6.07, 6.45) is 2.50. The number of rotatable bonds is 4. The number of imide groups is 2. The summed E-state index contributed by atoms with van der Waals surface area (Å²) in [5.74, 6) is -4.82. The molecule has 8 heteroatoms. The first-order chi connectivity index (χ1) is 22.7. The highest BCUT2D eigenvalue weighted by Gasteiger charge is 2.70. The van der Waals surface area contributed by atoms with Crippen molar-refractivity contribution in [1.82, 2.24) is 0 Å². The van der Waals surface area contributed by atoms with Gasteiger partial charge < -0.3 is 5.11 Å². The Kier molecular flexibility index (Phi) is 6.74. The van der Waals surface area contributed by atoms with E-state index in [1.165, 1.54) is 9.80 Å². The van der Waals surface area contributed by atoms with Crippen molar-refractivity contribution in [3.63, 3.8) is 0 Å². The van der Waals surface area contributed by atoms with Crippen LogP contribution in [0.4, 0.5) is 11.4 Å². The second-order valence-corrected chi connectivity index (χ2v) is 13.4. The maximum atomic E-state index is 15.2. The molecule has 1 N–H and O–H groups in total. The zero-order chi connectivity index (χ0) is 32.6. The van der Waals surface area contributed by atoms with Gasteiger partial charge in [-0.25, -0.2) is 4.90 Å². The van der Waals surface area contributed by atoms with Gasteiger partial charge in [0.25, 0.3) is 0 Å². The zero-order valence-electron chi connectivity index (χ0n) is 25.5. The van der Waals surface area contributed by atoms with E-state index in [0.717, 1.165) is 5.57 Å². The number of amides is 4. The van der Waals surface area contributed by atoms with Crippen molar-refractivity contribution in [3.05, 3.63) is 136 Å². The van der Waals surface area contributed by atoms with Crippen LogP contribution in [0.25, 0.3) is 0 Å². The fourth-order valence-electron chi connectivity index (χ4n) is 8.83. The van der Waals surface area contributed by atoms with Gasteiger partial charge in [0.1, 0.15) is 5.75 Å². The first-order valence-corrected chi connectivity index (χ1v) is 16.2. The minimum absolute atomic E-state index is 0.0384. The molecule has 7 nitrogen and oxygen atoms in total. The van der Waals surface area contributed by atoms with Gasteiger partial charge in [-0.15, -0.1) is 0 Å². The van der Waals surface area contributed by atoms with Gasteiger partial charge in [-0.05, 0) is 67.1 Å². The second kappa shape index (κ2) is 10.8. The molecule has 234 valence electrons. The third-order valence-electron chi connectivity index (χ3n) is 10.8. The van der Waals surface area contributed by atoms with E-state index < -0.39 is 46.8 Å². The van der Waals surface area contributed by atoms with Crippen molar-refractivity contribution in [2.45, 2.75) is 31.1 Å². The van der Waals surface area contributed by atoms with Crippen molar-refractivity contribution in [2.24, 2.45) is 23.7 Å². The molecule has 0 aromatic heterocycles. The highest BCUT2D eigenvalue weighted by atomic mass is 35.5. The molecule has 2 heterocycles. The van der Waals surface area contributed by atoms with Crippen molar-refractivity contribution >= 4 is 46.6 Å². The van der Waals surface area contributed by atoms with Crippen LogP contribution in [-0.2, 0) is 24.6 Å². The summed E-state index contributed by atoms with van der Waals surface area (Å²) in [6, 6.07) is 30.3. The van der Waals surface area contributed by atoms with Gasteiger partial charge in [0.2, 0.25) is 23.6 Å². The molecule has 8 rings (SSSR count). The Labute approximate surface area is 277 Å². The third-order valence-corrected chi connectivity index (χ3v) is 11.0. The zero-order valence-corrected chi connectivity index (χ0v) is 26.3. The minimum Gasteiger partial charge on any atom is -0.507 e. The molecule has 2 aliphatic carbocycles. The molecule has 6 atom stereocenters. The normalized spacial score (nSPS) is 28.2. The number of para-hydroxylation sites is 2. The number of anilines is 2. The maximum absolute atomic E-state index is 15.2. The number of allylic oxidation sites excluding steroid dienone is 2. The number of fused-ring (bicyclic) bond motifs is 4. The van der Waals surface area contributed by atoms with E-state index in [9.17, 15) is 19.5 Å². The van der Waals surface area contributed by atoms with E-state index in [1.807, 2.05) is 54.6 Å². The summed E-state index contributed by atoms with van der Waals surface area (Å²) >= 11 is 6.37. The van der Waals surface area contributed by atoms with E-state index >= 15 is 4.79 Å². The number of halogens is 1. The van der Waals surface area contributed by atoms with Crippen LogP contribution < -0.4 is 9.80 Å². The molecule has 0 bridgehead atoms. The van der Waals surface area contributed by atoms with Crippen LogP contribution in [0.2, 0.25) is 5.02 Å². The number of aromatic hydroxyl groups is 1. The van der Waals surface area contributed by atoms with Crippen LogP contribution in [0.5, 0.6) is 5.75 Å². The van der Waals surface area contributed by atoms with Gasteiger partial charge in [0.15, 0.2) is 0 Å². The van der Waals surface area contributed by atoms with E-state index in [0.29, 0.717) is 39.5 Å². The lowest BCUT2D eigenvalue weighted by Gasteiger charge is -2.50. The fraction of sp³-hybridized carbons (Fsp3) is 0.231. The topological polar surface area (TPSA) is 95.0 Å². The molecule has 4 amide bonds. The molecule has 0 unspecified atom stereocenters. The van der Waals surface area contributed by atoms with Crippen LogP contribution in [0.3, 0.4) is 0 Å². The molecular weight excluding hydrogens is 612 g/mol. The molecule has 47 heavy (non-hydrogen) atoms. The molecule has 4 aromatic carbocycles. The standard InChI is InChI=1S/C39H31ClN2O5/c1-22-10-8-17-29(34(22)43)33-27-18-19-28-32(37(46)41(35(28)44)25-14-6-3-7-15-25)30(27)21-31-36(45)42(26-16-9-13-24(40)20-26)38(47)39(31,33)23-11-4-2-5-12-23/h2-18,20,28,30-33,43H,19,21H2,1H3/t28-,30+,31-,32-,33+,39+/m0/s1. The fourth-order valence-corrected chi connectivity index (χ4v) is 9.02. The Bertz CT molecular complexity index is 2010. The Morgan fingerprint density at radius 3 is 2.15 bits per heavy atom. The van der Waals surface area contributed by atoms with E-state index in [2.05, 4.69) is 0 Å². The first kappa shape index (κ1) is 29.4. The van der Waals surface area contributed by atoms with Crippen molar-refractivity contribution in [2.75, 3.05) is 9.80 Å². The Morgan fingerprint density at radius 1 is 0.745 bits per heavy atom. The highest BCUT2D eigenvalue weighted by Crippen LogP contribution is 2.65. The number of hydrogen-bond donors (Lipinski definition) is 1. The van der Waals surface area contributed by atoms with Gasteiger partial charge >= 0.3 is 0 Å². The lowest BCUT2D eigenvalue weighted by Crippen LogP contribution is -2.53. The van der Waals surface area contributed by atoms with Crippen molar-refractivity contribution in [3.8, 4) is 5.75 Å². The highest BCUT2D eigenvalue weighted by molar-refractivity contribution is 6.32. The number of hydrogen-bond acceptors (Lipinski definition) is 5. The molecule has 2 aliphatic heterocycles. The van der Waals surface area contributed by atoms with Crippen LogP contribution in [-0.4, -0.2) is 28.7 Å². The number of phenols is 1. The third kappa shape index (κ3) is 4.05. The Balaban J connectivity index is 1.38. The molecule has 0 radical (unpaired) electrons. The number of phenolic OH excluding ortho intramolecular Hbond substituents is 1. The monoisotopic (exact) mass is 642 g/mol. The molecule has 2 saturated heterocycles. The summed E-state index contributed by atoms with van der Waals surface area (Å²) in [5.41, 5.74) is 2.04. The van der Waals surface area contributed by atoms with E-state index in [1.54, 1.807) is 61.5 Å². The Hall–Kier alpha value is -5.01. The quantitative estimate of drug-likeness (QED) is 0.197. The van der Waals surface area contributed by atoms with Crippen LogP contribution in [0.15, 0.2) is 115 Å². The van der Waals surface area contributed by atoms with E-state index in [4.69, 9.17) is 11.6 Å². The predicted octanol–water partition coefficient (Wildman–Crippen LogP) is 6.72. The minimum atomic E-state index is -1.44. The number of carbonyl (C=O) groups is 4. The largest absolute Gasteiger partial charge is 0.507 e. The lowest BCUT2D eigenvalue weighted by atomic mass is 9.49. The maximum Gasteiger partial charge on any atom is 0.246 e. The Morgan fingerprint density at radius 2 is 1.43 bits per heavy atom. The molecule has 0 spiro atoms. The molecule has 3 fully saturated rings. The smallest absolute Gasteiger partial charge is 0.246 e. The van der Waals surface area contributed by atoms with Gasteiger partial charge in [0.05, 0.1) is 34.5 Å². The molecule has 4 aliphatic rings. The summed E-state index contributed by atoms with van der Waals surface area (Å²) < 4.78 is 0. The average Bonchev–Trinajstić information content (AvgIpc) is 3.47. The summed E-state index contributed by atoms with van der Waals surface area (Å²) in [5, 5.41) is 12.1. The van der Waals surface area contributed by atoms with Gasteiger partial charge in [-0.2, -0.15) is 0 Å². The van der Waals surface area contributed by atoms with Crippen LogP contribution >= 0.6 is 11.6 Å². The van der Waals surface area contributed by atoms with Gasteiger partial charge in [-0.1, -0.05) is 96.0 Å². The summed E-state index contributed by atoms with van der Waals surface area (Å²) in [6.45, 7) is 1.80. The number of carbonyl (C=O) groups excluding carboxylic acids is 4. The van der Waals surface area contributed by atoms with E-state index in [-0.39, 0.29) is 24.0 Å². The number of benzene rings is 4. The predicted molar refractivity (Wildman–Crippen MR) is 178 cm³/mol. The number of aryl methyl sites for hydroxylation is 1. The molecular formula is C39H31ClN2O5. The van der Waals surface area contributed by atoms with Gasteiger partial charge in [-0.3, -0.25) is 24.1 Å². The van der Waals surface area contributed by atoms with Crippen molar-refractivity contribution in [1.29, 1.82) is 0 Å². The molecule has 1 saturated carbocycles. The van der Waals surface area contributed by atoms with Gasteiger partial charge in [0, 0.05) is 16.5 Å². The second-order valence-electron chi connectivity index (χ2n) is 13.0. The van der Waals surface area contributed by atoms with Crippen LogP contribution in [0, 0.1) is 30.6 Å². The average molecular weight is 643 g/mol. The van der Waals surface area contributed by atoms with Crippen molar-refractivity contribution < 1.29 is 24.3 Å².